The second-order valence-electron chi connectivity index (χ2n) is 7.85. The molecule has 2 saturated heterocycles. The Bertz CT molecular complexity index is 745. The topological polar surface area (TPSA) is 88.2 Å². The molecule has 7 nitrogen and oxygen atoms in total. The van der Waals surface area contributed by atoms with E-state index in [2.05, 4.69) is 5.16 Å². The summed E-state index contributed by atoms with van der Waals surface area (Å²) in [6.07, 6.45) is 3.37. The number of hydrogen-bond acceptors (Lipinski definition) is 4. The molecule has 0 aliphatic carbocycles. The van der Waals surface area contributed by atoms with E-state index in [-0.39, 0.29) is 35.3 Å². The number of likely N-dealkylation sites (tertiary alicyclic amines) is 2. The molecule has 29 heavy (non-hydrogen) atoms. The van der Waals surface area contributed by atoms with E-state index in [1.807, 2.05) is 4.90 Å². The first kappa shape index (κ1) is 21.1. The Labute approximate surface area is 170 Å². The van der Waals surface area contributed by atoms with Crippen molar-refractivity contribution in [3.8, 4) is 0 Å². The quantitative estimate of drug-likeness (QED) is 0.462. The number of amides is 2. The van der Waals surface area contributed by atoms with Gasteiger partial charge in [0.15, 0.2) is 5.84 Å². The molecule has 2 fully saturated rings. The van der Waals surface area contributed by atoms with Gasteiger partial charge in [0.25, 0.3) is 0 Å². The lowest BCUT2D eigenvalue weighted by atomic mass is 9.92. The minimum atomic E-state index is -0.332. The normalized spacial score (nSPS) is 21.2. The lowest BCUT2D eigenvalue weighted by molar-refractivity contribution is -0.141. The number of rotatable bonds is 5. The number of halogens is 1. The number of amidine groups is 1. The Balaban J connectivity index is 1.46. The van der Waals surface area contributed by atoms with Crippen LogP contribution < -0.4 is 5.73 Å². The summed E-state index contributed by atoms with van der Waals surface area (Å²) in [4.78, 5) is 33.5. The smallest absolute Gasteiger partial charge is 0.225 e. The van der Waals surface area contributed by atoms with Gasteiger partial charge in [-0.25, -0.2) is 4.39 Å². The first-order chi connectivity index (χ1) is 13.9. The molecule has 2 amide bonds. The van der Waals surface area contributed by atoms with E-state index in [4.69, 9.17) is 10.6 Å². The van der Waals surface area contributed by atoms with Gasteiger partial charge in [-0.05, 0) is 49.9 Å². The zero-order valence-electron chi connectivity index (χ0n) is 16.8. The highest BCUT2D eigenvalue weighted by molar-refractivity contribution is 5.96. The zero-order chi connectivity index (χ0) is 20.8. The van der Waals surface area contributed by atoms with E-state index in [9.17, 15) is 14.0 Å². The molecule has 1 atom stereocenters. The standard InChI is InChI=1S/C21H29FN4O3/c1-15(27)25-11-8-18(9-12-25)21(28)26-10-2-3-16(13-26)14-29-24-20(23)17-4-6-19(22)7-5-17/h4-7,16,18H,2-3,8-14H2,1H3,(H2,23,24)/t16-/m0/s1. The van der Waals surface area contributed by atoms with Crippen LogP contribution in [0, 0.1) is 17.7 Å². The maximum absolute atomic E-state index is 13.0. The van der Waals surface area contributed by atoms with Gasteiger partial charge in [0, 0.05) is 50.5 Å². The molecule has 0 bridgehead atoms. The predicted octanol–water partition coefficient (Wildman–Crippen LogP) is 1.96. The molecule has 0 unspecified atom stereocenters. The van der Waals surface area contributed by atoms with Gasteiger partial charge in [0.2, 0.25) is 11.8 Å². The summed E-state index contributed by atoms with van der Waals surface area (Å²) in [7, 11) is 0. The molecular formula is C21H29FN4O3. The maximum Gasteiger partial charge on any atom is 0.225 e. The molecule has 2 aliphatic rings. The van der Waals surface area contributed by atoms with Crippen LogP contribution in [0.25, 0.3) is 0 Å². The van der Waals surface area contributed by atoms with E-state index in [0.29, 0.717) is 31.8 Å². The molecule has 158 valence electrons. The van der Waals surface area contributed by atoms with Gasteiger partial charge in [-0.15, -0.1) is 0 Å². The Morgan fingerprint density at radius 1 is 1.14 bits per heavy atom. The van der Waals surface area contributed by atoms with Crippen molar-refractivity contribution in [2.24, 2.45) is 22.7 Å². The van der Waals surface area contributed by atoms with E-state index >= 15 is 0 Å². The summed E-state index contributed by atoms with van der Waals surface area (Å²) in [6, 6.07) is 5.75. The van der Waals surface area contributed by atoms with Crippen molar-refractivity contribution >= 4 is 17.6 Å². The summed E-state index contributed by atoms with van der Waals surface area (Å²) in [5.41, 5.74) is 6.48. The van der Waals surface area contributed by atoms with Crippen LogP contribution >= 0.6 is 0 Å². The molecule has 1 aromatic rings. The summed E-state index contributed by atoms with van der Waals surface area (Å²) < 4.78 is 13.0. The highest BCUT2D eigenvalue weighted by Gasteiger charge is 2.32. The van der Waals surface area contributed by atoms with Crippen molar-refractivity contribution in [1.82, 2.24) is 9.80 Å². The Hall–Kier alpha value is -2.64. The number of hydrogen-bond donors (Lipinski definition) is 1. The number of piperidine rings is 2. The summed E-state index contributed by atoms with van der Waals surface area (Å²) in [5.74, 6) is 0.332. The second-order valence-corrected chi connectivity index (χ2v) is 7.85. The number of oxime groups is 1. The Kier molecular flexibility index (Phi) is 7.06. The van der Waals surface area contributed by atoms with Crippen LogP contribution in [-0.2, 0) is 14.4 Å². The molecule has 1 aromatic carbocycles. The van der Waals surface area contributed by atoms with Gasteiger partial charge in [-0.3, -0.25) is 9.59 Å². The SMILES string of the molecule is CC(=O)N1CCC(C(=O)N2CCC[C@H](CO/N=C(\N)c3ccc(F)cc3)C2)CC1. The van der Waals surface area contributed by atoms with Crippen molar-refractivity contribution in [2.75, 3.05) is 32.8 Å². The fraction of sp³-hybridized carbons (Fsp3) is 0.571. The van der Waals surface area contributed by atoms with Gasteiger partial charge >= 0.3 is 0 Å². The lowest BCUT2D eigenvalue weighted by Crippen LogP contribution is -2.47. The van der Waals surface area contributed by atoms with Crippen LogP contribution in [0.1, 0.15) is 38.2 Å². The Morgan fingerprint density at radius 2 is 1.83 bits per heavy atom. The number of carbonyl (C=O) groups excluding carboxylic acids is 2. The van der Waals surface area contributed by atoms with E-state index in [1.165, 1.54) is 12.1 Å². The largest absolute Gasteiger partial charge is 0.394 e. The Morgan fingerprint density at radius 3 is 2.48 bits per heavy atom. The third-order valence-corrected chi connectivity index (χ3v) is 5.73. The summed E-state index contributed by atoms with van der Waals surface area (Å²) in [6.45, 7) is 4.69. The van der Waals surface area contributed by atoms with Gasteiger partial charge in [-0.2, -0.15) is 0 Å². The molecule has 0 aromatic heterocycles. The van der Waals surface area contributed by atoms with Crippen LogP contribution in [-0.4, -0.2) is 60.2 Å². The fourth-order valence-electron chi connectivity index (χ4n) is 3.99. The highest BCUT2D eigenvalue weighted by atomic mass is 19.1. The minimum absolute atomic E-state index is 0.00240. The predicted molar refractivity (Wildman–Crippen MR) is 107 cm³/mol. The van der Waals surface area contributed by atoms with Gasteiger partial charge in [0.05, 0.1) is 0 Å². The van der Waals surface area contributed by atoms with Crippen LogP contribution in [0.15, 0.2) is 29.4 Å². The first-order valence-corrected chi connectivity index (χ1v) is 10.2. The average Bonchev–Trinajstić information content (AvgIpc) is 2.74. The molecule has 2 N–H and O–H groups in total. The molecule has 3 rings (SSSR count). The van der Waals surface area contributed by atoms with Crippen LogP contribution in [0.3, 0.4) is 0 Å². The second kappa shape index (κ2) is 9.71. The van der Waals surface area contributed by atoms with E-state index < -0.39 is 0 Å². The van der Waals surface area contributed by atoms with E-state index in [1.54, 1.807) is 24.0 Å². The summed E-state index contributed by atoms with van der Waals surface area (Å²) in [5, 5.41) is 3.93. The molecule has 0 spiro atoms. The lowest BCUT2D eigenvalue weighted by Gasteiger charge is -2.37. The van der Waals surface area contributed by atoms with Crippen molar-refractivity contribution in [1.29, 1.82) is 0 Å². The number of carbonyl (C=O) groups is 2. The van der Waals surface area contributed by atoms with Crippen molar-refractivity contribution < 1.29 is 18.8 Å². The van der Waals surface area contributed by atoms with Gasteiger partial charge in [0.1, 0.15) is 12.4 Å². The van der Waals surface area contributed by atoms with Crippen molar-refractivity contribution in [3.05, 3.63) is 35.6 Å². The van der Waals surface area contributed by atoms with Crippen molar-refractivity contribution in [3.63, 3.8) is 0 Å². The van der Waals surface area contributed by atoms with Crippen LogP contribution in [0.4, 0.5) is 4.39 Å². The van der Waals surface area contributed by atoms with Crippen LogP contribution in [0.5, 0.6) is 0 Å². The van der Waals surface area contributed by atoms with Crippen LogP contribution in [0.2, 0.25) is 0 Å². The highest BCUT2D eigenvalue weighted by Crippen LogP contribution is 2.24. The zero-order valence-corrected chi connectivity index (χ0v) is 16.8. The first-order valence-electron chi connectivity index (χ1n) is 10.2. The monoisotopic (exact) mass is 404 g/mol. The van der Waals surface area contributed by atoms with E-state index in [0.717, 1.165) is 32.2 Å². The van der Waals surface area contributed by atoms with Gasteiger partial charge in [-0.1, -0.05) is 5.16 Å². The summed E-state index contributed by atoms with van der Waals surface area (Å²) >= 11 is 0. The van der Waals surface area contributed by atoms with Crippen molar-refractivity contribution in [2.45, 2.75) is 32.6 Å². The average molecular weight is 404 g/mol. The molecule has 2 aliphatic heterocycles. The third kappa shape index (κ3) is 5.68. The molecular weight excluding hydrogens is 375 g/mol. The molecule has 8 heteroatoms. The minimum Gasteiger partial charge on any atom is -0.394 e. The van der Waals surface area contributed by atoms with Gasteiger partial charge < -0.3 is 20.4 Å². The fourth-order valence-corrected chi connectivity index (χ4v) is 3.99. The number of benzene rings is 1. The number of nitrogens with zero attached hydrogens (tertiary/aromatic N) is 3. The maximum atomic E-state index is 13.0. The molecule has 0 saturated carbocycles. The number of nitrogens with two attached hydrogens (primary N) is 1. The molecule has 0 radical (unpaired) electrons. The molecule has 2 heterocycles. The third-order valence-electron chi connectivity index (χ3n) is 5.73.